The Bertz CT molecular complexity index is 1230. The van der Waals surface area contributed by atoms with Crippen molar-refractivity contribution in [2.45, 2.75) is 17.7 Å². The second-order valence-corrected chi connectivity index (χ2v) is 10.6. The third-order valence-electron chi connectivity index (χ3n) is 6.49. The first-order chi connectivity index (χ1) is 15.6. The van der Waals surface area contributed by atoms with E-state index in [0.29, 0.717) is 11.4 Å². The molecule has 5 rings (SSSR count). The van der Waals surface area contributed by atoms with E-state index < -0.39 is 9.84 Å². The highest BCUT2D eigenvalue weighted by Gasteiger charge is 2.23. The maximum atomic E-state index is 12.7. The van der Waals surface area contributed by atoms with Crippen LogP contribution < -0.4 is 0 Å². The maximum absolute atomic E-state index is 12.7. The van der Waals surface area contributed by atoms with Crippen molar-refractivity contribution >= 4 is 40.0 Å². The van der Waals surface area contributed by atoms with E-state index in [0.717, 1.165) is 25.9 Å². The van der Waals surface area contributed by atoms with Gasteiger partial charge in [0.2, 0.25) is 0 Å². The molecule has 1 fully saturated rings. The van der Waals surface area contributed by atoms with Gasteiger partial charge in [-0.05, 0) is 52.8 Å². The van der Waals surface area contributed by atoms with Crippen LogP contribution in [0.2, 0.25) is 0 Å². The average Bonchev–Trinajstić information content (AvgIpc) is 3.01. The first kappa shape index (κ1) is 23.5. The lowest BCUT2D eigenvalue weighted by Crippen LogP contribution is -2.35. The summed E-state index contributed by atoms with van der Waals surface area (Å²) in [6, 6.07) is 26.0. The first-order valence-electron chi connectivity index (χ1n) is 11.2. The van der Waals surface area contributed by atoms with Crippen LogP contribution >= 0.6 is 12.4 Å². The Morgan fingerprint density at radius 3 is 1.79 bits per heavy atom. The molecule has 0 aromatic heterocycles. The van der Waals surface area contributed by atoms with Crippen LogP contribution in [0.1, 0.15) is 35.1 Å². The van der Waals surface area contributed by atoms with Crippen molar-refractivity contribution in [2.24, 2.45) is 0 Å². The molecule has 1 heterocycles. The second kappa shape index (κ2) is 10.1. The van der Waals surface area contributed by atoms with Crippen LogP contribution in [-0.2, 0) is 9.84 Å². The summed E-state index contributed by atoms with van der Waals surface area (Å²) in [5.41, 5.74) is 7.92. The van der Waals surface area contributed by atoms with Crippen molar-refractivity contribution in [2.75, 3.05) is 25.4 Å². The van der Waals surface area contributed by atoms with Gasteiger partial charge in [0.1, 0.15) is 0 Å². The van der Waals surface area contributed by atoms with Gasteiger partial charge in [0.05, 0.1) is 10.6 Å². The summed E-state index contributed by atoms with van der Waals surface area (Å²) in [5, 5.41) is 0. The zero-order chi connectivity index (χ0) is 22.0. The Morgan fingerprint density at radius 2 is 1.21 bits per heavy atom. The van der Waals surface area contributed by atoms with Gasteiger partial charge in [0.15, 0.2) is 9.84 Å². The fraction of sp³-hybridized carbons (Fsp3) is 0.214. The Kier molecular flexibility index (Phi) is 7.18. The number of hydrogen-bond donors (Lipinski definition) is 0. The molecule has 0 bridgehead atoms. The van der Waals surface area contributed by atoms with E-state index in [1.165, 1.54) is 33.4 Å². The summed E-state index contributed by atoms with van der Waals surface area (Å²) >= 11 is 0. The minimum absolute atomic E-state index is 0. The highest BCUT2D eigenvalue weighted by Crippen LogP contribution is 2.38. The molecule has 3 aromatic rings. The van der Waals surface area contributed by atoms with Gasteiger partial charge < -0.3 is 4.90 Å². The Labute approximate surface area is 202 Å². The third-order valence-corrected chi connectivity index (χ3v) is 8.20. The van der Waals surface area contributed by atoms with Crippen LogP contribution in [0, 0.1) is 0 Å². The number of likely N-dealkylation sites (tertiary alicyclic amines) is 1. The number of nitrogens with zero attached hydrogens (tertiary/aromatic N) is 1. The van der Waals surface area contributed by atoms with Gasteiger partial charge in [0, 0.05) is 19.6 Å². The number of benzene rings is 3. The van der Waals surface area contributed by atoms with E-state index >= 15 is 0 Å². The van der Waals surface area contributed by atoms with Crippen molar-refractivity contribution in [3.8, 4) is 0 Å². The summed E-state index contributed by atoms with van der Waals surface area (Å²) in [6.07, 6.45) is 6.35. The van der Waals surface area contributed by atoms with Gasteiger partial charge in [-0.3, -0.25) is 0 Å². The standard InChI is InChI=1S/C28H27NO2S.ClH/c30-32(31,25-10-2-1-3-11-25)21-20-29-18-16-24(17-19-29)28-26-12-6-4-8-22(26)14-15-23-9-5-7-13-27(23)28;/h1-15H,16-21H2;1H. The molecule has 3 aromatic carbocycles. The van der Waals surface area contributed by atoms with Crippen LogP contribution in [0.5, 0.6) is 0 Å². The van der Waals surface area contributed by atoms with Crippen LogP contribution in [0.3, 0.4) is 0 Å². The average molecular weight is 478 g/mol. The largest absolute Gasteiger partial charge is 0.302 e. The number of rotatable bonds is 4. The minimum Gasteiger partial charge on any atom is -0.302 e. The molecule has 0 radical (unpaired) electrons. The lowest BCUT2D eigenvalue weighted by molar-refractivity contribution is 0.271. The molecule has 0 saturated carbocycles. The van der Waals surface area contributed by atoms with Crippen LogP contribution in [0.25, 0.3) is 17.7 Å². The van der Waals surface area contributed by atoms with Crippen molar-refractivity contribution in [1.82, 2.24) is 4.90 Å². The molecule has 0 amide bonds. The number of sulfone groups is 1. The van der Waals surface area contributed by atoms with Crippen molar-refractivity contribution < 1.29 is 8.42 Å². The molecule has 33 heavy (non-hydrogen) atoms. The van der Waals surface area contributed by atoms with E-state index in [4.69, 9.17) is 0 Å². The summed E-state index contributed by atoms with van der Waals surface area (Å²) in [6.45, 7) is 2.36. The first-order valence-corrected chi connectivity index (χ1v) is 12.9. The topological polar surface area (TPSA) is 37.4 Å². The monoisotopic (exact) mass is 477 g/mol. The van der Waals surface area contributed by atoms with Crippen LogP contribution in [0.15, 0.2) is 89.3 Å². The molecule has 0 atom stereocenters. The zero-order valence-corrected chi connectivity index (χ0v) is 20.1. The molecule has 1 aliphatic carbocycles. The maximum Gasteiger partial charge on any atom is 0.179 e. The predicted molar refractivity (Wildman–Crippen MR) is 139 cm³/mol. The van der Waals surface area contributed by atoms with Gasteiger partial charge >= 0.3 is 0 Å². The number of hydrogen-bond acceptors (Lipinski definition) is 3. The van der Waals surface area contributed by atoms with E-state index in [-0.39, 0.29) is 18.2 Å². The molecule has 3 nitrogen and oxygen atoms in total. The third kappa shape index (κ3) is 4.98. The van der Waals surface area contributed by atoms with Gasteiger partial charge in [0.25, 0.3) is 0 Å². The SMILES string of the molecule is Cl.O=S(=O)(CCN1CCC(=C2c3ccccc3C=Cc3ccccc32)CC1)c1ccccc1. The van der Waals surface area contributed by atoms with E-state index in [1.807, 2.05) is 6.07 Å². The van der Waals surface area contributed by atoms with E-state index in [9.17, 15) is 8.42 Å². The highest BCUT2D eigenvalue weighted by molar-refractivity contribution is 7.91. The van der Waals surface area contributed by atoms with Crippen molar-refractivity contribution in [1.29, 1.82) is 0 Å². The fourth-order valence-corrected chi connectivity index (χ4v) is 6.04. The molecular formula is C28H28ClNO2S. The number of fused-ring (bicyclic) bond motifs is 2. The normalized spacial score (nSPS) is 15.9. The molecule has 5 heteroatoms. The molecule has 0 spiro atoms. The van der Waals surface area contributed by atoms with E-state index in [2.05, 4.69) is 65.6 Å². The molecule has 0 unspecified atom stereocenters. The molecule has 1 saturated heterocycles. The van der Waals surface area contributed by atoms with Gasteiger partial charge in [-0.25, -0.2) is 8.42 Å². The molecule has 1 aliphatic heterocycles. The van der Waals surface area contributed by atoms with Crippen LogP contribution in [-0.4, -0.2) is 38.7 Å². The summed E-state index contributed by atoms with van der Waals surface area (Å²) in [4.78, 5) is 2.70. The fourth-order valence-electron chi connectivity index (χ4n) is 4.74. The van der Waals surface area contributed by atoms with Crippen molar-refractivity contribution in [3.63, 3.8) is 0 Å². The van der Waals surface area contributed by atoms with Gasteiger partial charge in [-0.1, -0.05) is 84.5 Å². The number of halogens is 1. The Hall–Kier alpha value is -2.66. The van der Waals surface area contributed by atoms with E-state index in [1.54, 1.807) is 24.3 Å². The Morgan fingerprint density at radius 1 is 0.697 bits per heavy atom. The molecule has 170 valence electrons. The lowest BCUT2D eigenvalue weighted by Gasteiger charge is -2.30. The highest BCUT2D eigenvalue weighted by atomic mass is 35.5. The van der Waals surface area contributed by atoms with Gasteiger partial charge in [-0.15, -0.1) is 12.4 Å². The lowest BCUT2D eigenvalue weighted by atomic mass is 9.86. The predicted octanol–water partition coefficient (Wildman–Crippen LogP) is 5.96. The Balaban J connectivity index is 0.00000259. The zero-order valence-electron chi connectivity index (χ0n) is 18.5. The minimum atomic E-state index is -3.24. The molecular weight excluding hydrogens is 450 g/mol. The molecule has 2 aliphatic rings. The summed E-state index contributed by atoms with van der Waals surface area (Å²) in [5.74, 6) is 0.165. The van der Waals surface area contributed by atoms with Gasteiger partial charge in [-0.2, -0.15) is 0 Å². The quantitative estimate of drug-likeness (QED) is 0.363. The van der Waals surface area contributed by atoms with Crippen molar-refractivity contribution in [3.05, 3.63) is 107 Å². The molecule has 0 N–H and O–H groups in total. The summed E-state index contributed by atoms with van der Waals surface area (Å²) < 4.78 is 25.3. The number of piperidine rings is 1. The van der Waals surface area contributed by atoms with Crippen LogP contribution in [0.4, 0.5) is 0 Å². The smallest absolute Gasteiger partial charge is 0.179 e. The second-order valence-electron chi connectivity index (χ2n) is 8.46. The summed E-state index contributed by atoms with van der Waals surface area (Å²) in [7, 11) is -3.24.